The highest BCUT2D eigenvalue weighted by molar-refractivity contribution is 5.80. The van der Waals surface area contributed by atoms with Crippen molar-refractivity contribution in [2.45, 2.75) is 13.3 Å². The average molecular weight is 218 g/mol. The lowest BCUT2D eigenvalue weighted by Crippen LogP contribution is -2.05. The van der Waals surface area contributed by atoms with Gasteiger partial charge >= 0.3 is 0 Å². The van der Waals surface area contributed by atoms with Crippen LogP contribution in [0.1, 0.15) is 12.6 Å². The molecule has 5 heteroatoms. The summed E-state index contributed by atoms with van der Waals surface area (Å²) in [7, 11) is 0. The molecule has 0 atom stereocenters. The van der Waals surface area contributed by atoms with E-state index in [4.69, 9.17) is 0 Å². The van der Waals surface area contributed by atoms with Crippen LogP contribution in [-0.4, -0.2) is 9.91 Å². The topological polar surface area (TPSA) is 76.0 Å². The smallest absolute Gasteiger partial charge is 0.270 e. The van der Waals surface area contributed by atoms with Gasteiger partial charge in [-0.15, -0.1) is 0 Å². The number of aromatic amines is 1. The molecule has 0 bridgehead atoms. The van der Waals surface area contributed by atoms with Crippen LogP contribution < -0.4 is 5.43 Å². The van der Waals surface area contributed by atoms with Gasteiger partial charge in [-0.05, 0) is 12.5 Å². The second kappa shape index (κ2) is 3.77. The number of H-pyrrole nitrogens is 1. The van der Waals surface area contributed by atoms with Crippen LogP contribution in [0.3, 0.4) is 0 Å². The first-order valence-corrected chi connectivity index (χ1v) is 4.92. The van der Waals surface area contributed by atoms with Crippen molar-refractivity contribution in [1.82, 2.24) is 4.98 Å². The summed E-state index contributed by atoms with van der Waals surface area (Å²) < 4.78 is 0. The quantitative estimate of drug-likeness (QED) is 0.618. The number of hydrogen-bond donors (Lipinski definition) is 1. The Hall–Kier alpha value is -2.17. The van der Waals surface area contributed by atoms with Crippen LogP contribution in [0.4, 0.5) is 5.69 Å². The molecule has 0 aliphatic rings. The number of hydrogen-bond acceptors (Lipinski definition) is 3. The molecule has 5 nitrogen and oxygen atoms in total. The zero-order valence-corrected chi connectivity index (χ0v) is 8.69. The number of pyridine rings is 1. The van der Waals surface area contributed by atoms with Crippen molar-refractivity contribution >= 4 is 16.6 Å². The number of aryl methyl sites for hydroxylation is 1. The molecular weight excluding hydrogens is 208 g/mol. The molecule has 1 N–H and O–H groups in total. The fourth-order valence-corrected chi connectivity index (χ4v) is 1.59. The van der Waals surface area contributed by atoms with E-state index in [0.29, 0.717) is 10.9 Å². The number of nitrogens with one attached hydrogen (secondary N) is 1. The van der Waals surface area contributed by atoms with E-state index < -0.39 is 4.92 Å². The Morgan fingerprint density at radius 2 is 2.12 bits per heavy atom. The number of benzene rings is 1. The largest absolute Gasteiger partial charge is 0.358 e. The van der Waals surface area contributed by atoms with Gasteiger partial charge in [-0.2, -0.15) is 0 Å². The van der Waals surface area contributed by atoms with E-state index in [-0.39, 0.29) is 11.1 Å². The Kier molecular flexibility index (Phi) is 2.44. The van der Waals surface area contributed by atoms with Crippen LogP contribution in [-0.2, 0) is 6.42 Å². The van der Waals surface area contributed by atoms with Gasteiger partial charge in [0.25, 0.3) is 5.69 Å². The van der Waals surface area contributed by atoms with Gasteiger partial charge < -0.3 is 4.98 Å². The minimum Gasteiger partial charge on any atom is -0.358 e. The second-order valence-corrected chi connectivity index (χ2v) is 3.50. The lowest BCUT2D eigenvalue weighted by molar-refractivity contribution is -0.384. The summed E-state index contributed by atoms with van der Waals surface area (Å²) in [6, 6.07) is 5.73. The van der Waals surface area contributed by atoms with Gasteiger partial charge in [0.15, 0.2) is 5.43 Å². The molecule has 16 heavy (non-hydrogen) atoms. The lowest BCUT2D eigenvalue weighted by Gasteiger charge is -2.01. The normalized spacial score (nSPS) is 10.6. The summed E-state index contributed by atoms with van der Waals surface area (Å²) in [5.74, 6) is 0. The number of nitrogens with zero attached hydrogens (tertiary/aromatic N) is 1. The van der Waals surface area contributed by atoms with Crippen LogP contribution in [0.2, 0.25) is 0 Å². The molecular formula is C11H10N2O3. The highest BCUT2D eigenvalue weighted by Crippen LogP contribution is 2.16. The summed E-state index contributed by atoms with van der Waals surface area (Å²) in [5.41, 5.74) is 1.21. The van der Waals surface area contributed by atoms with Crippen molar-refractivity contribution in [3.63, 3.8) is 0 Å². The number of rotatable bonds is 2. The van der Waals surface area contributed by atoms with Crippen molar-refractivity contribution in [2.75, 3.05) is 0 Å². The number of nitro groups is 1. The Bertz CT molecular complexity index is 616. The summed E-state index contributed by atoms with van der Waals surface area (Å²) in [5, 5.41) is 10.9. The SMILES string of the molecule is CCc1cc(=O)c2cc([N+](=O)[O-])ccc2[nH]1. The maximum atomic E-state index is 11.7. The maximum Gasteiger partial charge on any atom is 0.270 e. The van der Waals surface area contributed by atoms with E-state index in [1.165, 1.54) is 18.2 Å². The Morgan fingerprint density at radius 3 is 2.75 bits per heavy atom. The highest BCUT2D eigenvalue weighted by atomic mass is 16.6. The van der Waals surface area contributed by atoms with Crippen molar-refractivity contribution in [3.05, 3.63) is 50.3 Å². The summed E-state index contributed by atoms with van der Waals surface area (Å²) >= 11 is 0. The molecule has 0 amide bonds. The zero-order valence-electron chi connectivity index (χ0n) is 8.69. The molecule has 82 valence electrons. The molecule has 1 heterocycles. The van der Waals surface area contributed by atoms with E-state index in [1.54, 1.807) is 6.07 Å². The van der Waals surface area contributed by atoms with Crippen LogP contribution in [0.25, 0.3) is 10.9 Å². The molecule has 0 saturated heterocycles. The zero-order chi connectivity index (χ0) is 11.7. The van der Waals surface area contributed by atoms with Gasteiger partial charge in [0.1, 0.15) is 0 Å². The van der Waals surface area contributed by atoms with Crippen LogP contribution in [0, 0.1) is 10.1 Å². The molecule has 2 aromatic rings. The van der Waals surface area contributed by atoms with Gasteiger partial charge in [0, 0.05) is 29.4 Å². The molecule has 0 saturated carbocycles. The van der Waals surface area contributed by atoms with E-state index in [1.807, 2.05) is 6.92 Å². The van der Waals surface area contributed by atoms with Crippen LogP contribution >= 0.6 is 0 Å². The number of aromatic nitrogens is 1. The first kappa shape index (κ1) is 10.4. The third kappa shape index (κ3) is 1.67. The first-order valence-electron chi connectivity index (χ1n) is 4.92. The highest BCUT2D eigenvalue weighted by Gasteiger charge is 2.08. The van der Waals surface area contributed by atoms with Crippen molar-refractivity contribution in [2.24, 2.45) is 0 Å². The summed E-state index contributed by atoms with van der Waals surface area (Å²) in [4.78, 5) is 24.8. The Morgan fingerprint density at radius 1 is 1.38 bits per heavy atom. The first-order chi connectivity index (χ1) is 7.61. The lowest BCUT2D eigenvalue weighted by atomic mass is 10.1. The van der Waals surface area contributed by atoms with Gasteiger partial charge in [-0.3, -0.25) is 14.9 Å². The van der Waals surface area contributed by atoms with E-state index >= 15 is 0 Å². The van der Waals surface area contributed by atoms with Gasteiger partial charge in [-0.1, -0.05) is 6.92 Å². The third-order valence-corrected chi connectivity index (χ3v) is 2.46. The summed E-state index contributed by atoms with van der Waals surface area (Å²) in [6.45, 7) is 1.93. The molecule has 1 aromatic carbocycles. The predicted octanol–water partition coefficient (Wildman–Crippen LogP) is 2.00. The standard InChI is InChI=1S/C11H10N2O3/c1-2-7-5-11(14)9-6-8(13(15)16)3-4-10(9)12-7/h3-6H,2H2,1H3,(H,12,14). The molecule has 0 spiro atoms. The number of fused-ring (bicyclic) bond motifs is 1. The minimum absolute atomic E-state index is 0.0674. The molecule has 0 radical (unpaired) electrons. The fourth-order valence-electron chi connectivity index (χ4n) is 1.59. The molecule has 2 rings (SSSR count). The van der Waals surface area contributed by atoms with Crippen molar-refractivity contribution in [1.29, 1.82) is 0 Å². The van der Waals surface area contributed by atoms with E-state index in [0.717, 1.165) is 12.1 Å². The molecule has 0 aliphatic carbocycles. The third-order valence-electron chi connectivity index (χ3n) is 2.46. The molecule has 0 unspecified atom stereocenters. The van der Waals surface area contributed by atoms with Gasteiger partial charge in [-0.25, -0.2) is 0 Å². The Balaban J connectivity index is 2.75. The molecule has 0 aliphatic heterocycles. The molecule has 1 aromatic heterocycles. The van der Waals surface area contributed by atoms with E-state index in [2.05, 4.69) is 4.98 Å². The minimum atomic E-state index is -0.507. The Labute approximate surface area is 90.9 Å². The van der Waals surface area contributed by atoms with Crippen LogP contribution in [0.15, 0.2) is 29.1 Å². The van der Waals surface area contributed by atoms with Crippen molar-refractivity contribution < 1.29 is 4.92 Å². The van der Waals surface area contributed by atoms with E-state index in [9.17, 15) is 14.9 Å². The predicted molar refractivity (Wildman–Crippen MR) is 60.6 cm³/mol. The number of non-ortho nitro benzene ring substituents is 1. The van der Waals surface area contributed by atoms with Gasteiger partial charge in [0.05, 0.1) is 10.3 Å². The molecule has 0 fully saturated rings. The monoisotopic (exact) mass is 218 g/mol. The van der Waals surface area contributed by atoms with Crippen LogP contribution in [0.5, 0.6) is 0 Å². The maximum absolute atomic E-state index is 11.7. The fraction of sp³-hybridized carbons (Fsp3) is 0.182. The van der Waals surface area contributed by atoms with Gasteiger partial charge in [0.2, 0.25) is 0 Å². The summed E-state index contributed by atoms with van der Waals surface area (Å²) in [6.07, 6.45) is 0.724. The van der Waals surface area contributed by atoms with Crippen molar-refractivity contribution in [3.8, 4) is 0 Å². The number of nitro benzene ring substituents is 1. The average Bonchev–Trinajstić information content (AvgIpc) is 2.28. The second-order valence-electron chi connectivity index (χ2n) is 3.50.